The smallest absolute Gasteiger partial charge is 0.225 e. The second-order valence-corrected chi connectivity index (χ2v) is 8.85. The number of sulfone groups is 1. The van der Waals surface area contributed by atoms with Crippen molar-refractivity contribution in [2.45, 2.75) is 37.0 Å². The average molecular weight is 355 g/mol. The molecular formula is C16H25N3O4S. The predicted molar refractivity (Wildman–Crippen MR) is 88.2 cm³/mol. The Bertz CT molecular complexity index is 679. The molecule has 2 aliphatic rings. The number of amides is 1. The SMILES string of the molecule is CS(=O)(=O)c1cn[nH]c1C[C@H]1CCCN(C(=O)C2CCOCC2)C1. The zero-order chi connectivity index (χ0) is 17.2. The molecule has 0 spiro atoms. The fraction of sp³-hybridized carbons (Fsp3) is 0.750. The van der Waals surface area contributed by atoms with Gasteiger partial charge in [-0.15, -0.1) is 0 Å². The Morgan fingerprint density at radius 2 is 2.12 bits per heavy atom. The van der Waals surface area contributed by atoms with E-state index in [1.54, 1.807) is 0 Å². The van der Waals surface area contributed by atoms with E-state index in [0.717, 1.165) is 32.2 Å². The second kappa shape index (κ2) is 7.23. The van der Waals surface area contributed by atoms with Crippen molar-refractivity contribution in [3.05, 3.63) is 11.9 Å². The van der Waals surface area contributed by atoms with Gasteiger partial charge < -0.3 is 9.64 Å². The van der Waals surface area contributed by atoms with Crippen LogP contribution in [0.25, 0.3) is 0 Å². The van der Waals surface area contributed by atoms with Gasteiger partial charge in [0.25, 0.3) is 0 Å². The summed E-state index contributed by atoms with van der Waals surface area (Å²) in [5.74, 6) is 0.579. The van der Waals surface area contributed by atoms with E-state index in [4.69, 9.17) is 4.74 Å². The van der Waals surface area contributed by atoms with Crippen molar-refractivity contribution in [1.82, 2.24) is 15.1 Å². The minimum Gasteiger partial charge on any atom is -0.381 e. The van der Waals surface area contributed by atoms with Crippen LogP contribution in [0.5, 0.6) is 0 Å². The fourth-order valence-electron chi connectivity index (χ4n) is 3.69. The molecule has 0 saturated carbocycles. The van der Waals surface area contributed by atoms with Crippen LogP contribution in [0.15, 0.2) is 11.1 Å². The highest BCUT2D eigenvalue weighted by atomic mass is 32.2. The Kier molecular flexibility index (Phi) is 5.24. The number of nitrogens with zero attached hydrogens (tertiary/aromatic N) is 2. The molecule has 1 amide bonds. The molecule has 8 heteroatoms. The van der Waals surface area contributed by atoms with Gasteiger partial charge in [-0.05, 0) is 38.0 Å². The van der Waals surface area contributed by atoms with Gasteiger partial charge in [-0.2, -0.15) is 5.10 Å². The summed E-state index contributed by atoms with van der Waals surface area (Å²) < 4.78 is 28.9. The van der Waals surface area contributed by atoms with Crippen LogP contribution in [0.4, 0.5) is 0 Å². The van der Waals surface area contributed by atoms with E-state index < -0.39 is 9.84 Å². The Balaban J connectivity index is 1.64. The van der Waals surface area contributed by atoms with Gasteiger partial charge in [-0.1, -0.05) is 0 Å². The lowest BCUT2D eigenvalue weighted by Crippen LogP contribution is -2.44. The fourth-order valence-corrected chi connectivity index (χ4v) is 4.51. The molecule has 2 saturated heterocycles. The highest BCUT2D eigenvalue weighted by Gasteiger charge is 2.31. The third-order valence-corrected chi connectivity index (χ3v) is 6.12. The van der Waals surface area contributed by atoms with Crippen LogP contribution in [-0.4, -0.2) is 62.0 Å². The van der Waals surface area contributed by atoms with Crippen molar-refractivity contribution in [3.8, 4) is 0 Å². The number of aromatic amines is 1. The molecule has 1 aromatic rings. The zero-order valence-corrected chi connectivity index (χ0v) is 14.8. The summed E-state index contributed by atoms with van der Waals surface area (Å²) >= 11 is 0. The summed E-state index contributed by atoms with van der Waals surface area (Å²) in [5, 5.41) is 6.70. The lowest BCUT2D eigenvalue weighted by molar-refractivity contribution is -0.140. The molecule has 1 aromatic heterocycles. The van der Waals surface area contributed by atoms with Crippen LogP contribution in [0.2, 0.25) is 0 Å². The molecule has 7 nitrogen and oxygen atoms in total. The van der Waals surface area contributed by atoms with Gasteiger partial charge in [-0.3, -0.25) is 9.89 Å². The van der Waals surface area contributed by atoms with Crippen LogP contribution >= 0.6 is 0 Å². The van der Waals surface area contributed by atoms with Crippen LogP contribution in [-0.2, 0) is 25.8 Å². The maximum absolute atomic E-state index is 12.7. The number of rotatable bonds is 4. The van der Waals surface area contributed by atoms with Crippen LogP contribution in [0.1, 0.15) is 31.4 Å². The predicted octanol–water partition coefficient (Wildman–Crippen LogP) is 1.02. The lowest BCUT2D eigenvalue weighted by atomic mass is 9.91. The van der Waals surface area contributed by atoms with Gasteiger partial charge >= 0.3 is 0 Å². The lowest BCUT2D eigenvalue weighted by Gasteiger charge is -2.35. The van der Waals surface area contributed by atoms with E-state index in [-0.39, 0.29) is 22.6 Å². The molecule has 2 fully saturated rings. The van der Waals surface area contributed by atoms with E-state index in [9.17, 15) is 13.2 Å². The number of hydrogen-bond acceptors (Lipinski definition) is 5. The first-order valence-corrected chi connectivity index (χ1v) is 10.4. The summed E-state index contributed by atoms with van der Waals surface area (Å²) in [6.45, 7) is 2.83. The molecule has 3 rings (SSSR count). The normalized spacial score (nSPS) is 23.4. The van der Waals surface area contributed by atoms with Crippen molar-refractivity contribution >= 4 is 15.7 Å². The number of carbonyl (C=O) groups is 1. The van der Waals surface area contributed by atoms with Gasteiger partial charge in [-0.25, -0.2) is 8.42 Å². The molecule has 0 aromatic carbocycles. The number of hydrogen-bond donors (Lipinski definition) is 1. The number of likely N-dealkylation sites (tertiary alicyclic amines) is 1. The molecule has 1 N–H and O–H groups in total. The van der Waals surface area contributed by atoms with Crippen molar-refractivity contribution in [3.63, 3.8) is 0 Å². The van der Waals surface area contributed by atoms with E-state index >= 15 is 0 Å². The standard InChI is InChI=1S/C16H25N3O4S/c1-24(21,22)15-10-17-18-14(15)9-12-3-2-6-19(11-12)16(20)13-4-7-23-8-5-13/h10,12-13H,2-9,11H2,1H3,(H,17,18)/t12-/m1/s1. The van der Waals surface area contributed by atoms with Crippen molar-refractivity contribution in [2.24, 2.45) is 11.8 Å². The van der Waals surface area contributed by atoms with Crippen molar-refractivity contribution in [2.75, 3.05) is 32.6 Å². The van der Waals surface area contributed by atoms with Crippen LogP contribution in [0, 0.1) is 11.8 Å². The summed E-state index contributed by atoms with van der Waals surface area (Å²) in [4.78, 5) is 14.9. The molecule has 134 valence electrons. The first-order valence-electron chi connectivity index (χ1n) is 8.54. The van der Waals surface area contributed by atoms with Crippen molar-refractivity contribution < 1.29 is 17.9 Å². The molecule has 2 aliphatic heterocycles. The van der Waals surface area contributed by atoms with Gasteiger partial charge in [0.1, 0.15) is 4.90 Å². The molecule has 24 heavy (non-hydrogen) atoms. The van der Waals surface area contributed by atoms with Gasteiger partial charge in [0, 0.05) is 38.5 Å². The minimum absolute atomic E-state index is 0.0798. The Morgan fingerprint density at radius 1 is 1.38 bits per heavy atom. The molecule has 0 bridgehead atoms. The zero-order valence-electron chi connectivity index (χ0n) is 14.0. The average Bonchev–Trinajstić information content (AvgIpc) is 3.04. The summed E-state index contributed by atoms with van der Waals surface area (Å²) in [6.07, 6.45) is 6.75. The molecule has 0 radical (unpaired) electrons. The van der Waals surface area contributed by atoms with E-state index in [2.05, 4.69) is 10.2 Å². The monoisotopic (exact) mass is 355 g/mol. The topological polar surface area (TPSA) is 92.4 Å². The number of piperidine rings is 1. The maximum atomic E-state index is 12.7. The van der Waals surface area contributed by atoms with Crippen LogP contribution in [0.3, 0.4) is 0 Å². The van der Waals surface area contributed by atoms with E-state index in [0.29, 0.717) is 31.9 Å². The third kappa shape index (κ3) is 3.97. The van der Waals surface area contributed by atoms with Gasteiger partial charge in [0.15, 0.2) is 9.84 Å². The molecular weight excluding hydrogens is 330 g/mol. The first kappa shape index (κ1) is 17.4. The quantitative estimate of drug-likeness (QED) is 0.870. The van der Waals surface area contributed by atoms with E-state index in [1.165, 1.54) is 12.5 Å². The number of nitrogens with one attached hydrogen (secondary N) is 1. The van der Waals surface area contributed by atoms with Gasteiger partial charge in [0.05, 0.1) is 11.9 Å². The number of carbonyl (C=O) groups excluding carboxylic acids is 1. The Hall–Kier alpha value is -1.41. The molecule has 3 heterocycles. The second-order valence-electron chi connectivity index (χ2n) is 6.87. The first-order chi connectivity index (χ1) is 11.4. The summed E-state index contributed by atoms with van der Waals surface area (Å²) in [6, 6.07) is 0. The van der Waals surface area contributed by atoms with Gasteiger partial charge in [0.2, 0.25) is 5.91 Å². The summed E-state index contributed by atoms with van der Waals surface area (Å²) in [7, 11) is -3.28. The van der Waals surface area contributed by atoms with Crippen molar-refractivity contribution in [1.29, 1.82) is 0 Å². The Labute approximate surface area is 142 Å². The van der Waals surface area contributed by atoms with E-state index in [1.807, 2.05) is 4.90 Å². The molecule has 1 atom stereocenters. The number of aromatic nitrogens is 2. The largest absolute Gasteiger partial charge is 0.381 e. The van der Waals surface area contributed by atoms with Crippen LogP contribution < -0.4 is 0 Å². The summed E-state index contributed by atoms with van der Waals surface area (Å²) in [5.41, 5.74) is 0.655. The maximum Gasteiger partial charge on any atom is 0.225 e. The Morgan fingerprint density at radius 3 is 2.83 bits per heavy atom. The minimum atomic E-state index is -3.28. The highest BCUT2D eigenvalue weighted by molar-refractivity contribution is 7.90. The molecule has 0 unspecified atom stereocenters. The third-order valence-electron chi connectivity index (χ3n) is 4.97. The molecule has 0 aliphatic carbocycles. The number of H-pyrrole nitrogens is 1. The highest BCUT2D eigenvalue weighted by Crippen LogP contribution is 2.26. The number of ether oxygens (including phenoxy) is 1.